The van der Waals surface area contributed by atoms with Crippen molar-refractivity contribution in [1.29, 1.82) is 5.26 Å². The summed E-state index contributed by atoms with van der Waals surface area (Å²) in [4.78, 5) is 11.3. The number of esters is 1. The lowest BCUT2D eigenvalue weighted by molar-refractivity contribution is -0.141. The molecular weight excluding hydrogens is 292 g/mol. The average Bonchev–Trinajstić information content (AvgIpc) is 2.33. The van der Waals surface area contributed by atoms with Crippen LogP contribution in [0.4, 0.5) is 26.3 Å². The van der Waals surface area contributed by atoms with Crippen LogP contribution in [0.1, 0.15) is 27.0 Å². The molecule has 0 saturated carbocycles. The van der Waals surface area contributed by atoms with Crippen molar-refractivity contribution < 1.29 is 35.9 Å². The SMILES string of the molecule is COC(=O)c1c(C(F)(F)F)ccc(C(F)(F)F)c1C#N. The van der Waals surface area contributed by atoms with Crippen LogP contribution in [0.5, 0.6) is 0 Å². The Morgan fingerprint density at radius 3 is 1.90 bits per heavy atom. The fourth-order valence-electron chi connectivity index (χ4n) is 1.51. The minimum atomic E-state index is -5.10. The topological polar surface area (TPSA) is 50.1 Å². The van der Waals surface area contributed by atoms with E-state index in [0.717, 1.165) is 6.07 Å². The summed E-state index contributed by atoms with van der Waals surface area (Å²) in [6.07, 6.45) is -10.2. The van der Waals surface area contributed by atoms with Crippen LogP contribution in [0.15, 0.2) is 12.1 Å². The Morgan fingerprint density at radius 1 is 1.10 bits per heavy atom. The Hall–Kier alpha value is -2.24. The number of hydrogen-bond donors (Lipinski definition) is 0. The molecule has 0 N–H and O–H groups in total. The van der Waals surface area contributed by atoms with Crippen LogP contribution in [-0.4, -0.2) is 13.1 Å². The molecule has 0 aliphatic carbocycles. The van der Waals surface area contributed by atoms with E-state index in [9.17, 15) is 31.1 Å². The number of carbonyl (C=O) groups is 1. The molecule has 0 bridgehead atoms. The lowest BCUT2D eigenvalue weighted by Crippen LogP contribution is -2.19. The van der Waals surface area contributed by atoms with Crippen molar-refractivity contribution >= 4 is 5.97 Å². The minimum Gasteiger partial charge on any atom is -0.465 e. The number of rotatable bonds is 1. The van der Waals surface area contributed by atoms with Crippen LogP contribution < -0.4 is 0 Å². The van der Waals surface area contributed by atoms with Gasteiger partial charge in [0.15, 0.2) is 0 Å². The molecule has 3 nitrogen and oxygen atoms in total. The van der Waals surface area contributed by atoms with E-state index in [1.165, 1.54) is 0 Å². The standard InChI is InChI=1S/C11H5F6NO2/c1-20-9(19)8-5(4-18)6(10(12,13)14)2-3-7(8)11(15,16)17/h2-3H,1H3. The maximum absolute atomic E-state index is 12.7. The Kier molecular flexibility index (Phi) is 3.98. The second-order valence-corrected chi connectivity index (χ2v) is 3.51. The highest BCUT2D eigenvalue weighted by Crippen LogP contribution is 2.39. The number of halogens is 6. The minimum absolute atomic E-state index is 0.0932. The number of alkyl halides is 6. The molecule has 0 unspecified atom stereocenters. The summed E-state index contributed by atoms with van der Waals surface area (Å²) in [7, 11) is 0.698. The van der Waals surface area contributed by atoms with Crippen molar-refractivity contribution in [3.63, 3.8) is 0 Å². The van der Waals surface area contributed by atoms with Gasteiger partial charge in [-0.05, 0) is 12.1 Å². The van der Waals surface area contributed by atoms with E-state index in [1.807, 2.05) is 0 Å². The van der Waals surface area contributed by atoms with E-state index in [4.69, 9.17) is 5.26 Å². The van der Waals surface area contributed by atoms with Gasteiger partial charge < -0.3 is 4.74 Å². The molecule has 108 valence electrons. The highest BCUT2D eigenvalue weighted by Gasteiger charge is 2.42. The van der Waals surface area contributed by atoms with E-state index < -0.39 is 40.6 Å². The van der Waals surface area contributed by atoms with Gasteiger partial charge in [0, 0.05) is 0 Å². The monoisotopic (exact) mass is 297 g/mol. The molecule has 0 radical (unpaired) electrons. The fraction of sp³-hybridized carbons (Fsp3) is 0.273. The smallest absolute Gasteiger partial charge is 0.417 e. The molecular formula is C11H5F6NO2. The van der Waals surface area contributed by atoms with Crippen LogP contribution in [0.25, 0.3) is 0 Å². The van der Waals surface area contributed by atoms with E-state index in [0.29, 0.717) is 7.11 Å². The maximum Gasteiger partial charge on any atom is 0.417 e. The van der Waals surface area contributed by atoms with Gasteiger partial charge >= 0.3 is 18.3 Å². The van der Waals surface area contributed by atoms with Crippen LogP contribution in [0.3, 0.4) is 0 Å². The first kappa shape index (κ1) is 15.8. The van der Waals surface area contributed by atoms with Crippen molar-refractivity contribution in [2.45, 2.75) is 12.4 Å². The molecule has 9 heteroatoms. The lowest BCUT2D eigenvalue weighted by atomic mass is 9.96. The van der Waals surface area contributed by atoms with E-state index in [-0.39, 0.29) is 12.1 Å². The molecule has 0 aromatic heterocycles. The molecule has 0 spiro atoms. The summed E-state index contributed by atoms with van der Waals surface area (Å²) < 4.78 is 80.0. The Morgan fingerprint density at radius 2 is 1.55 bits per heavy atom. The fourth-order valence-corrected chi connectivity index (χ4v) is 1.51. The van der Waals surface area contributed by atoms with Crippen molar-refractivity contribution in [3.05, 3.63) is 34.4 Å². The van der Waals surface area contributed by atoms with Crippen LogP contribution in [-0.2, 0) is 17.1 Å². The second-order valence-electron chi connectivity index (χ2n) is 3.51. The summed E-state index contributed by atoms with van der Waals surface area (Å²) in [5.41, 5.74) is -6.15. The maximum atomic E-state index is 12.7. The number of hydrogen-bond acceptors (Lipinski definition) is 3. The molecule has 1 rings (SSSR count). The average molecular weight is 297 g/mol. The first-order valence-electron chi connectivity index (χ1n) is 4.83. The van der Waals surface area contributed by atoms with Crippen LogP contribution in [0.2, 0.25) is 0 Å². The summed E-state index contributed by atoms with van der Waals surface area (Å²) in [6.45, 7) is 0. The summed E-state index contributed by atoms with van der Waals surface area (Å²) in [5, 5.41) is 8.67. The molecule has 0 heterocycles. The second kappa shape index (κ2) is 5.03. The third kappa shape index (κ3) is 2.84. The third-order valence-electron chi connectivity index (χ3n) is 2.32. The molecule has 0 saturated heterocycles. The van der Waals surface area contributed by atoms with Gasteiger partial charge in [-0.3, -0.25) is 0 Å². The zero-order valence-corrected chi connectivity index (χ0v) is 9.69. The summed E-state index contributed by atoms with van der Waals surface area (Å²) >= 11 is 0. The highest BCUT2D eigenvalue weighted by molar-refractivity contribution is 5.94. The number of nitriles is 1. The molecule has 0 amide bonds. The number of nitrogens with zero attached hydrogens (tertiary/aromatic N) is 1. The number of carbonyl (C=O) groups excluding carboxylic acids is 1. The number of benzene rings is 1. The quantitative estimate of drug-likeness (QED) is 0.590. The van der Waals surface area contributed by atoms with Gasteiger partial charge in [-0.2, -0.15) is 31.6 Å². The van der Waals surface area contributed by atoms with Crippen LogP contribution >= 0.6 is 0 Å². The van der Waals surface area contributed by atoms with Gasteiger partial charge in [-0.15, -0.1) is 0 Å². The van der Waals surface area contributed by atoms with Crippen molar-refractivity contribution in [2.75, 3.05) is 7.11 Å². The van der Waals surface area contributed by atoms with Crippen molar-refractivity contribution in [1.82, 2.24) is 0 Å². The molecule has 0 aliphatic rings. The van der Waals surface area contributed by atoms with Gasteiger partial charge in [-0.25, -0.2) is 4.79 Å². The zero-order valence-electron chi connectivity index (χ0n) is 9.69. The van der Waals surface area contributed by atoms with E-state index >= 15 is 0 Å². The van der Waals surface area contributed by atoms with Gasteiger partial charge in [0.05, 0.1) is 29.4 Å². The Labute approximate surface area is 108 Å². The first-order chi connectivity index (χ1) is 9.04. The molecule has 0 fully saturated rings. The zero-order chi connectivity index (χ0) is 15.7. The van der Waals surface area contributed by atoms with Crippen molar-refractivity contribution in [3.8, 4) is 6.07 Å². The normalized spacial score (nSPS) is 11.9. The summed E-state index contributed by atoms with van der Waals surface area (Å²) in [6, 6.07) is 1.18. The molecule has 1 aromatic rings. The summed E-state index contributed by atoms with van der Waals surface area (Å²) in [5.74, 6) is -1.67. The first-order valence-corrected chi connectivity index (χ1v) is 4.83. The van der Waals surface area contributed by atoms with Gasteiger partial charge in [0.25, 0.3) is 0 Å². The van der Waals surface area contributed by atoms with Gasteiger partial charge in [0.1, 0.15) is 6.07 Å². The van der Waals surface area contributed by atoms with E-state index in [2.05, 4.69) is 4.74 Å². The van der Waals surface area contributed by atoms with E-state index in [1.54, 1.807) is 0 Å². The predicted octanol–water partition coefficient (Wildman–Crippen LogP) is 3.38. The third-order valence-corrected chi connectivity index (χ3v) is 2.32. The molecule has 1 aromatic carbocycles. The highest BCUT2D eigenvalue weighted by atomic mass is 19.4. The Balaban J connectivity index is 3.80. The molecule has 0 atom stereocenters. The van der Waals surface area contributed by atoms with Crippen molar-refractivity contribution in [2.24, 2.45) is 0 Å². The molecule has 0 aliphatic heterocycles. The lowest BCUT2D eigenvalue weighted by Gasteiger charge is -2.16. The van der Waals surface area contributed by atoms with Gasteiger partial charge in [-0.1, -0.05) is 0 Å². The predicted molar refractivity (Wildman–Crippen MR) is 52.5 cm³/mol. The molecule has 20 heavy (non-hydrogen) atoms. The number of ether oxygens (including phenoxy) is 1. The largest absolute Gasteiger partial charge is 0.465 e. The van der Waals surface area contributed by atoms with Crippen LogP contribution in [0, 0.1) is 11.3 Å². The Bertz CT molecular complexity index is 582. The van der Waals surface area contributed by atoms with Gasteiger partial charge in [0.2, 0.25) is 0 Å². The number of methoxy groups -OCH3 is 1.